The van der Waals surface area contributed by atoms with Gasteiger partial charge in [0.15, 0.2) is 6.10 Å². The van der Waals surface area contributed by atoms with Crippen LogP contribution in [-0.2, 0) is 28.6 Å². The molecular weight excluding hydrogens is 799 g/mol. The molecule has 2 atom stereocenters. The lowest BCUT2D eigenvalue weighted by molar-refractivity contribution is -0.889. The van der Waals surface area contributed by atoms with Crippen LogP contribution >= 0.6 is 0 Å². The van der Waals surface area contributed by atoms with Crippen LogP contribution < -0.4 is 5.11 Å². The van der Waals surface area contributed by atoms with Gasteiger partial charge in [-0.2, -0.15) is 0 Å². The van der Waals surface area contributed by atoms with Crippen molar-refractivity contribution in [2.75, 3.05) is 41.0 Å². The van der Waals surface area contributed by atoms with E-state index in [1.54, 1.807) is 0 Å². The Bertz CT molecular complexity index is 1100. The molecule has 0 aliphatic rings. The highest BCUT2D eigenvalue weighted by molar-refractivity contribution is 5.70. The van der Waals surface area contributed by atoms with Gasteiger partial charge in [0.2, 0.25) is 0 Å². The van der Waals surface area contributed by atoms with E-state index in [9.17, 15) is 19.5 Å². The lowest BCUT2D eigenvalue weighted by atomic mass is 10.0. The molecule has 2 unspecified atom stereocenters. The fourth-order valence-corrected chi connectivity index (χ4v) is 8.30. The lowest BCUT2D eigenvalue weighted by Gasteiger charge is -2.34. The number of ether oxygens (including phenoxy) is 3. The van der Waals surface area contributed by atoms with Crippen molar-refractivity contribution in [3.05, 3.63) is 24.3 Å². The Labute approximate surface area is 396 Å². The van der Waals surface area contributed by atoms with Crippen LogP contribution in [0.2, 0.25) is 0 Å². The van der Waals surface area contributed by atoms with Gasteiger partial charge in [0.05, 0.1) is 40.3 Å². The molecule has 0 spiro atoms. The van der Waals surface area contributed by atoms with Gasteiger partial charge >= 0.3 is 11.9 Å². The minimum Gasteiger partial charge on any atom is -0.544 e. The first-order valence-corrected chi connectivity index (χ1v) is 27.4. The van der Waals surface area contributed by atoms with Gasteiger partial charge in [-0.05, 0) is 64.2 Å². The van der Waals surface area contributed by atoms with Crippen LogP contribution in [0.25, 0.3) is 0 Å². The number of carboxylic acids is 1. The van der Waals surface area contributed by atoms with Crippen molar-refractivity contribution < 1.29 is 38.2 Å². The van der Waals surface area contributed by atoms with Crippen molar-refractivity contribution in [1.29, 1.82) is 0 Å². The van der Waals surface area contributed by atoms with E-state index in [0.29, 0.717) is 12.8 Å². The van der Waals surface area contributed by atoms with Gasteiger partial charge in [-0.3, -0.25) is 9.59 Å². The summed E-state index contributed by atoms with van der Waals surface area (Å²) in [5, 5.41) is 11.7. The third-order valence-corrected chi connectivity index (χ3v) is 12.6. The van der Waals surface area contributed by atoms with Crippen LogP contribution in [-0.4, -0.2) is 75.5 Å². The quantitative estimate of drug-likeness (QED) is 0.0259. The van der Waals surface area contributed by atoms with E-state index in [0.717, 1.165) is 38.5 Å². The van der Waals surface area contributed by atoms with Gasteiger partial charge in [0, 0.05) is 19.3 Å². The number of esters is 2. The summed E-state index contributed by atoms with van der Waals surface area (Å²) in [5.74, 6) is -1.73. The number of carbonyl (C=O) groups is 3. The Balaban J connectivity index is 4.17. The number of hydrogen-bond donors (Lipinski definition) is 0. The van der Waals surface area contributed by atoms with E-state index in [4.69, 9.17) is 14.2 Å². The molecule has 0 aromatic rings. The van der Waals surface area contributed by atoms with Crippen molar-refractivity contribution in [2.24, 2.45) is 0 Å². The molecule has 0 aromatic heterocycles. The standard InChI is InChI=1S/C56H105NO7/c1-6-8-10-12-14-16-18-20-22-24-25-26-27-28-29-31-32-34-36-38-40-42-44-46-54(58)63-51-52(50-62-49-48-53(56(60)61)57(3,4)5)64-55(59)47-45-43-41-39-37-35-33-30-23-21-19-17-15-13-11-9-7-2/h21,23,28-29,52-53H,6-20,22,24-27,30-51H2,1-5H3/b23-21+,29-28+. The second kappa shape index (κ2) is 47.3. The summed E-state index contributed by atoms with van der Waals surface area (Å²) in [6.07, 6.45) is 55.0. The molecule has 0 aromatic carbocycles. The molecular formula is C56H105NO7. The third-order valence-electron chi connectivity index (χ3n) is 12.6. The van der Waals surface area contributed by atoms with E-state index in [1.165, 1.54) is 193 Å². The molecule has 64 heavy (non-hydrogen) atoms. The molecule has 0 N–H and O–H groups in total. The van der Waals surface area contributed by atoms with Gasteiger partial charge in [-0.15, -0.1) is 0 Å². The summed E-state index contributed by atoms with van der Waals surface area (Å²) >= 11 is 0. The number of rotatable bonds is 50. The Morgan fingerprint density at radius 1 is 0.453 bits per heavy atom. The third kappa shape index (κ3) is 45.0. The SMILES string of the molecule is CCCCCCCC/C=C/CCCCCCCCCC(=O)OC(COCCC(C(=O)[O-])[N+](C)(C)C)COC(=O)CCCCCCCCC/C=C/CCCCCCCCCCCCCC. The number of hydrogen-bond acceptors (Lipinski definition) is 7. The maximum atomic E-state index is 12.8. The van der Waals surface area contributed by atoms with E-state index in [2.05, 4.69) is 38.2 Å². The number of nitrogens with zero attached hydrogens (tertiary/aromatic N) is 1. The highest BCUT2D eigenvalue weighted by atomic mass is 16.6. The second-order valence-electron chi connectivity index (χ2n) is 19.8. The van der Waals surface area contributed by atoms with Gasteiger partial charge in [-0.25, -0.2) is 0 Å². The molecule has 0 rings (SSSR count). The van der Waals surface area contributed by atoms with Gasteiger partial charge in [0.25, 0.3) is 0 Å². The number of allylic oxidation sites excluding steroid dienone is 4. The summed E-state index contributed by atoms with van der Waals surface area (Å²) in [6, 6.07) is -0.726. The molecule has 0 bridgehead atoms. The molecule has 8 heteroatoms. The lowest BCUT2D eigenvalue weighted by Crippen LogP contribution is -2.55. The van der Waals surface area contributed by atoms with E-state index < -0.39 is 18.1 Å². The van der Waals surface area contributed by atoms with Crippen LogP contribution in [0.5, 0.6) is 0 Å². The van der Waals surface area contributed by atoms with Crippen molar-refractivity contribution in [2.45, 2.75) is 276 Å². The summed E-state index contributed by atoms with van der Waals surface area (Å²) in [6.45, 7) is 4.69. The number of quaternary nitrogens is 1. The summed E-state index contributed by atoms with van der Waals surface area (Å²) in [5.41, 5.74) is 0. The van der Waals surface area contributed by atoms with Crippen LogP contribution in [0, 0.1) is 0 Å². The van der Waals surface area contributed by atoms with Gasteiger partial charge in [0.1, 0.15) is 12.6 Å². The number of likely N-dealkylation sites (N-methyl/N-ethyl adjacent to an activating group) is 1. The number of unbranched alkanes of at least 4 members (excludes halogenated alkanes) is 32. The van der Waals surface area contributed by atoms with Crippen molar-refractivity contribution in [3.63, 3.8) is 0 Å². The van der Waals surface area contributed by atoms with Gasteiger partial charge in [-0.1, -0.05) is 205 Å². The summed E-state index contributed by atoms with van der Waals surface area (Å²) in [7, 11) is 5.42. The first-order valence-electron chi connectivity index (χ1n) is 27.4. The smallest absolute Gasteiger partial charge is 0.306 e. The predicted octanol–water partition coefficient (Wildman–Crippen LogP) is 14.6. The molecule has 376 valence electrons. The summed E-state index contributed by atoms with van der Waals surface area (Å²) in [4.78, 5) is 37.1. The zero-order valence-electron chi connectivity index (χ0n) is 43.0. The topological polar surface area (TPSA) is 102 Å². The minimum absolute atomic E-state index is 0.0411. The molecule has 0 heterocycles. The van der Waals surface area contributed by atoms with Crippen molar-refractivity contribution in [3.8, 4) is 0 Å². The largest absolute Gasteiger partial charge is 0.544 e. The average Bonchev–Trinajstić information content (AvgIpc) is 3.26. The van der Waals surface area contributed by atoms with Crippen molar-refractivity contribution in [1.82, 2.24) is 0 Å². The maximum Gasteiger partial charge on any atom is 0.306 e. The van der Waals surface area contributed by atoms with Crippen LogP contribution in [0.3, 0.4) is 0 Å². The number of carboxylic acid groups (broad SMARTS) is 1. The number of carbonyl (C=O) groups excluding carboxylic acids is 3. The van der Waals surface area contributed by atoms with Crippen LogP contribution in [0.4, 0.5) is 0 Å². The highest BCUT2D eigenvalue weighted by Crippen LogP contribution is 2.16. The minimum atomic E-state index is -1.12. The predicted molar refractivity (Wildman–Crippen MR) is 268 cm³/mol. The highest BCUT2D eigenvalue weighted by Gasteiger charge is 2.25. The Morgan fingerprint density at radius 2 is 0.781 bits per heavy atom. The molecule has 0 fully saturated rings. The molecule has 0 saturated heterocycles. The fourth-order valence-electron chi connectivity index (χ4n) is 8.30. The second-order valence-corrected chi connectivity index (χ2v) is 19.8. The van der Waals surface area contributed by atoms with E-state index in [-0.39, 0.29) is 42.7 Å². The zero-order chi connectivity index (χ0) is 47.0. The number of aliphatic carboxylic acids is 1. The Morgan fingerprint density at radius 3 is 1.12 bits per heavy atom. The average molecular weight is 904 g/mol. The van der Waals surface area contributed by atoms with E-state index in [1.807, 2.05) is 21.1 Å². The Hall–Kier alpha value is -2.19. The summed E-state index contributed by atoms with van der Waals surface area (Å²) < 4.78 is 17.3. The molecule has 0 saturated carbocycles. The molecule has 8 nitrogen and oxygen atoms in total. The van der Waals surface area contributed by atoms with Crippen LogP contribution in [0.1, 0.15) is 264 Å². The zero-order valence-corrected chi connectivity index (χ0v) is 43.0. The fraction of sp³-hybridized carbons (Fsp3) is 0.875. The van der Waals surface area contributed by atoms with Crippen molar-refractivity contribution >= 4 is 17.9 Å². The van der Waals surface area contributed by atoms with Gasteiger partial charge < -0.3 is 28.6 Å². The van der Waals surface area contributed by atoms with E-state index >= 15 is 0 Å². The molecule has 0 amide bonds. The molecule has 0 aliphatic heterocycles. The normalized spacial score (nSPS) is 13.0. The maximum absolute atomic E-state index is 12.8. The first kappa shape index (κ1) is 61.8. The molecule has 0 aliphatic carbocycles. The Kier molecular flexibility index (Phi) is 45.7. The monoisotopic (exact) mass is 904 g/mol. The van der Waals surface area contributed by atoms with Crippen LogP contribution in [0.15, 0.2) is 24.3 Å². The molecule has 0 radical (unpaired) electrons. The first-order chi connectivity index (χ1) is 31.1.